The Morgan fingerprint density at radius 2 is 1.90 bits per heavy atom. The van der Waals surface area contributed by atoms with Crippen molar-refractivity contribution in [1.29, 1.82) is 0 Å². The van der Waals surface area contributed by atoms with E-state index in [9.17, 15) is 18.0 Å². The minimum Gasteiger partial charge on any atom is -0.437 e. The molecule has 0 saturated carbocycles. The normalized spacial score (nSPS) is 10.6. The number of hydrogen-bond donors (Lipinski definition) is 2. The largest absolute Gasteiger partial charge is 0.573 e. The van der Waals surface area contributed by atoms with Crippen LogP contribution < -0.4 is 20.8 Å². The molecule has 1 aromatic carbocycles. The van der Waals surface area contributed by atoms with Gasteiger partial charge in [0.05, 0.1) is 6.33 Å². The number of ether oxygens (including phenoxy) is 2. The molecule has 10 heteroatoms. The third-order valence-electron chi connectivity index (χ3n) is 2.11. The van der Waals surface area contributed by atoms with Crippen LogP contribution in [0, 0.1) is 0 Å². The van der Waals surface area contributed by atoms with Gasteiger partial charge in [0.25, 0.3) is 5.56 Å². The molecular weight excluding hydrogens is 315 g/mol. The number of aromatic amines is 1. The summed E-state index contributed by atoms with van der Waals surface area (Å²) in [5, 5.41) is 0. The molecule has 0 fully saturated rings. The van der Waals surface area contributed by atoms with Crippen LogP contribution in [0.2, 0.25) is 0 Å². The maximum absolute atomic E-state index is 12.1. The van der Waals surface area contributed by atoms with E-state index in [0.717, 1.165) is 18.5 Å². The minimum atomic E-state index is -4.81. The molecule has 21 heavy (non-hydrogen) atoms. The van der Waals surface area contributed by atoms with E-state index >= 15 is 0 Å². The van der Waals surface area contributed by atoms with Gasteiger partial charge in [-0.25, -0.2) is 4.98 Å². The first-order chi connectivity index (χ1) is 9.35. The first kappa shape index (κ1) is 16.6. The Morgan fingerprint density at radius 1 is 1.24 bits per heavy atom. The van der Waals surface area contributed by atoms with Gasteiger partial charge in [0, 0.05) is 6.07 Å². The Balaban J connectivity index is 0.00000220. The second kappa shape index (κ2) is 6.35. The van der Waals surface area contributed by atoms with Crippen molar-refractivity contribution in [2.75, 3.05) is 5.73 Å². The van der Waals surface area contributed by atoms with Crippen LogP contribution in [-0.2, 0) is 0 Å². The van der Waals surface area contributed by atoms with Crippen molar-refractivity contribution in [3.8, 4) is 17.4 Å². The van der Waals surface area contributed by atoms with Crippen LogP contribution in [-0.4, -0.2) is 16.3 Å². The number of H-pyrrole nitrogens is 1. The fourth-order valence-corrected chi connectivity index (χ4v) is 1.32. The van der Waals surface area contributed by atoms with Gasteiger partial charge in [-0.15, -0.1) is 25.6 Å². The molecule has 0 amide bonds. The highest BCUT2D eigenvalue weighted by Gasteiger charge is 2.31. The van der Waals surface area contributed by atoms with E-state index in [4.69, 9.17) is 10.5 Å². The number of anilines is 1. The first-order valence-electron chi connectivity index (χ1n) is 5.22. The monoisotopic (exact) mass is 323 g/mol. The number of benzene rings is 1. The number of halogens is 4. The van der Waals surface area contributed by atoms with Crippen molar-refractivity contribution in [2.45, 2.75) is 6.36 Å². The number of nitrogen functional groups attached to an aromatic ring is 1. The number of rotatable bonds is 3. The van der Waals surface area contributed by atoms with Crippen LogP contribution in [0.3, 0.4) is 0 Å². The van der Waals surface area contributed by atoms with Gasteiger partial charge >= 0.3 is 6.36 Å². The average Bonchev–Trinajstić information content (AvgIpc) is 2.33. The lowest BCUT2D eigenvalue weighted by Crippen LogP contribution is -2.17. The third kappa shape index (κ3) is 4.56. The average molecular weight is 324 g/mol. The van der Waals surface area contributed by atoms with E-state index < -0.39 is 17.7 Å². The number of hydrogen-bond acceptors (Lipinski definition) is 5. The fraction of sp³-hybridized carbons (Fsp3) is 0.0909. The lowest BCUT2D eigenvalue weighted by Gasteiger charge is -2.10. The summed E-state index contributed by atoms with van der Waals surface area (Å²) in [7, 11) is 0. The molecule has 0 bridgehead atoms. The number of nitrogens with one attached hydrogen (secondary N) is 1. The van der Waals surface area contributed by atoms with E-state index in [2.05, 4.69) is 14.7 Å². The quantitative estimate of drug-likeness (QED) is 0.905. The molecule has 0 aliphatic rings. The molecule has 2 rings (SSSR count). The van der Waals surface area contributed by atoms with Gasteiger partial charge in [0.15, 0.2) is 5.69 Å². The fourth-order valence-electron chi connectivity index (χ4n) is 1.32. The minimum absolute atomic E-state index is 0. The second-order valence-electron chi connectivity index (χ2n) is 3.58. The van der Waals surface area contributed by atoms with Crippen LogP contribution in [0.25, 0.3) is 0 Å². The van der Waals surface area contributed by atoms with E-state index in [1.165, 1.54) is 12.1 Å². The summed E-state index contributed by atoms with van der Waals surface area (Å²) in [4.78, 5) is 17.1. The number of alkyl halides is 3. The molecule has 1 heterocycles. The molecule has 1 aromatic heterocycles. The van der Waals surface area contributed by atoms with Crippen molar-refractivity contribution in [1.82, 2.24) is 9.97 Å². The summed E-state index contributed by atoms with van der Waals surface area (Å²) in [6.45, 7) is 0. The van der Waals surface area contributed by atoms with Crippen molar-refractivity contribution in [3.63, 3.8) is 0 Å². The zero-order valence-electron chi connectivity index (χ0n) is 10.2. The molecular formula is C11H9ClF3N3O3. The Hall–Kier alpha value is -2.42. The van der Waals surface area contributed by atoms with Crippen LogP contribution in [0.1, 0.15) is 0 Å². The molecule has 2 aromatic rings. The SMILES string of the molecule is Cl.Nc1c(Oc2cccc(OC(F)(F)F)c2)nc[nH]c1=O. The Bertz CT molecular complexity index is 675. The van der Waals surface area contributed by atoms with Crippen molar-refractivity contribution in [3.05, 3.63) is 40.9 Å². The van der Waals surface area contributed by atoms with Crippen LogP contribution in [0.5, 0.6) is 17.4 Å². The van der Waals surface area contributed by atoms with Gasteiger partial charge in [0.2, 0.25) is 5.88 Å². The van der Waals surface area contributed by atoms with Crippen LogP contribution in [0.4, 0.5) is 18.9 Å². The van der Waals surface area contributed by atoms with Crippen molar-refractivity contribution >= 4 is 18.1 Å². The standard InChI is InChI=1S/C11H8F3N3O3.ClH/c12-11(13,14)20-7-3-1-2-6(4-7)19-10-8(15)9(18)16-5-17-10;/h1-5H,15H2,(H,16,17,18);1H. The van der Waals surface area contributed by atoms with E-state index in [0.29, 0.717) is 0 Å². The van der Waals surface area contributed by atoms with Gasteiger partial charge in [-0.1, -0.05) is 6.07 Å². The summed E-state index contributed by atoms with van der Waals surface area (Å²) >= 11 is 0. The van der Waals surface area contributed by atoms with Gasteiger partial charge in [-0.05, 0) is 12.1 Å². The predicted octanol–water partition coefficient (Wildman–Crippen LogP) is 2.46. The topological polar surface area (TPSA) is 90.2 Å². The Morgan fingerprint density at radius 3 is 2.57 bits per heavy atom. The maximum Gasteiger partial charge on any atom is 0.573 e. The van der Waals surface area contributed by atoms with Crippen LogP contribution >= 0.6 is 12.4 Å². The number of nitrogens with zero attached hydrogens (tertiary/aromatic N) is 1. The Labute approximate surface area is 122 Å². The lowest BCUT2D eigenvalue weighted by molar-refractivity contribution is -0.274. The molecule has 0 aliphatic heterocycles. The zero-order chi connectivity index (χ0) is 14.8. The third-order valence-corrected chi connectivity index (χ3v) is 2.11. The molecule has 114 valence electrons. The molecule has 0 spiro atoms. The number of nitrogens with two attached hydrogens (primary N) is 1. The van der Waals surface area contributed by atoms with Gasteiger partial charge < -0.3 is 20.2 Å². The number of aromatic nitrogens is 2. The summed E-state index contributed by atoms with van der Waals surface area (Å²) < 4.78 is 45.1. The molecule has 3 N–H and O–H groups in total. The zero-order valence-corrected chi connectivity index (χ0v) is 11.0. The summed E-state index contributed by atoms with van der Waals surface area (Å²) in [5.74, 6) is -0.673. The van der Waals surface area contributed by atoms with Gasteiger partial charge in [0.1, 0.15) is 11.5 Å². The van der Waals surface area contributed by atoms with Crippen LogP contribution in [0.15, 0.2) is 35.4 Å². The second-order valence-corrected chi connectivity index (χ2v) is 3.58. The molecule has 0 aliphatic carbocycles. The summed E-state index contributed by atoms with van der Waals surface area (Å²) in [6, 6.07) is 4.76. The van der Waals surface area contributed by atoms with E-state index in [-0.39, 0.29) is 29.7 Å². The van der Waals surface area contributed by atoms with Gasteiger partial charge in [-0.3, -0.25) is 4.79 Å². The maximum atomic E-state index is 12.1. The molecule has 0 saturated heterocycles. The van der Waals surface area contributed by atoms with Gasteiger partial charge in [-0.2, -0.15) is 0 Å². The van der Waals surface area contributed by atoms with Crippen molar-refractivity contribution < 1.29 is 22.6 Å². The molecule has 6 nitrogen and oxygen atoms in total. The van der Waals surface area contributed by atoms with E-state index in [1.54, 1.807) is 0 Å². The highest BCUT2D eigenvalue weighted by Crippen LogP contribution is 2.28. The Kier molecular flexibility index (Phi) is 5.03. The molecule has 0 radical (unpaired) electrons. The lowest BCUT2D eigenvalue weighted by atomic mass is 10.3. The summed E-state index contributed by atoms with van der Waals surface area (Å²) in [5.41, 5.74) is 4.53. The van der Waals surface area contributed by atoms with E-state index in [1.807, 2.05) is 0 Å². The highest BCUT2D eigenvalue weighted by atomic mass is 35.5. The highest BCUT2D eigenvalue weighted by molar-refractivity contribution is 5.85. The predicted molar refractivity (Wildman–Crippen MR) is 69.7 cm³/mol. The molecule has 0 unspecified atom stereocenters. The first-order valence-corrected chi connectivity index (χ1v) is 5.22. The smallest absolute Gasteiger partial charge is 0.437 e. The molecule has 0 atom stereocenters. The summed E-state index contributed by atoms with van der Waals surface area (Å²) in [6.07, 6.45) is -3.75. The van der Waals surface area contributed by atoms with Crippen molar-refractivity contribution in [2.24, 2.45) is 0 Å².